The highest BCUT2D eigenvalue weighted by molar-refractivity contribution is 7.59. The van der Waals surface area contributed by atoms with Gasteiger partial charge in [0.2, 0.25) is 5.78 Å². The Kier molecular flexibility index (Phi) is 6.46. The van der Waals surface area contributed by atoms with Gasteiger partial charge in [-0.15, -0.1) is 0 Å². The molecule has 9 heteroatoms. The highest BCUT2D eigenvalue weighted by Gasteiger charge is 2.55. The van der Waals surface area contributed by atoms with Crippen molar-refractivity contribution in [3.05, 3.63) is 29.3 Å². The number of Topliss-reactive ketones (excluding diaryl/α,β-unsaturated/α-hetero) is 2. The van der Waals surface area contributed by atoms with Crippen LogP contribution in [0.25, 0.3) is 0 Å². The average molecular weight is 470 g/mol. The van der Waals surface area contributed by atoms with Crippen molar-refractivity contribution in [3.8, 4) is 0 Å². The molecule has 1 heterocycles. The lowest BCUT2D eigenvalue weighted by molar-refractivity contribution is -0.172. The van der Waals surface area contributed by atoms with Crippen molar-refractivity contribution < 1.29 is 32.1 Å². The van der Waals surface area contributed by atoms with Crippen molar-refractivity contribution in [1.82, 2.24) is 0 Å². The largest absolute Gasteiger partial charge is 0.494 e. The second-order valence-electron chi connectivity index (χ2n) is 10.3. The standard InChI is InChI=1S/C23H28BF3O4.H2S/c1-20(2)21(3,4)31-24(30-20)16-7-8-17-14(11-16)5-6-15(17)12-18(28)22(9-10-22)13-19(29)23(25,26)27;/h7-8,11,15H,5-6,9-10,12-13H2,1-4H3;1H2/t15-;/m1./s1. The molecule has 0 aromatic heterocycles. The third-order valence-corrected chi connectivity index (χ3v) is 7.59. The molecule has 1 aliphatic heterocycles. The lowest BCUT2D eigenvalue weighted by Gasteiger charge is -2.32. The van der Waals surface area contributed by atoms with Crippen LogP contribution in [0, 0.1) is 5.41 Å². The van der Waals surface area contributed by atoms with Crippen LogP contribution >= 0.6 is 13.5 Å². The van der Waals surface area contributed by atoms with Gasteiger partial charge in [-0.2, -0.15) is 26.7 Å². The van der Waals surface area contributed by atoms with Crippen LogP contribution in [0.4, 0.5) is 13.2 Å². The molecule has 0 amide bonds. The topological polar surface area (TPSA) is 52.6 Å². The number of benzene rings is 1. The summed E-state index contributed by atoms with van der Waals surface area (Å²) in [6, 6.07) is 5.99. The summed E-state index contributed by atoms with van der Waals surface area (Å²) in [5.41, 5.74) is 1.15. The zero-order valence-corrected chi connectivity index (χ0v) is 19.9. The monoisotopic (exact) mass is 470 g/mol. The first-order valence-corrected chi connectivity index (χ1v) is 10.9. The average Bonchev–Trinajstić information content (AvgIpc) is 3.27. The van der Waals surface area contributed by atoms with Crippen molar-refractivity contribution in [1.29, 1.82) is 0 Å². The first-order valence-electron chi connectivity index (χ1n) is 10.9. The molecule has 4 rings (SSSR count). The van der Waals surface area contributed by atoms with Crippen molar-refractivity contribution in [2.75, 3.05) is 0 Å². The van der Waals surface area contributed by atoms with E-state index >= 15 is 0 Å². The fraction of sp³-hybridized carbons (Fsp3) is 0.652. The molecule has 0 unspecified atom stereocenters. The van der Waals surface area contributed by atoms with Crippen LogP contribution in [0.5, 0.6) is 0 Å². The van der Waals surface area contributed by atoms with E-state index in [1.54, 1.807) is 0 Å². The van der Waals surface area contributed by atoms with Gasteiger partial charge in [0.25, 0.3) is 0 Å². The third kappa shape index (κ3) is 4.53. The van der Waals surface area contributed by atoms with E-state index in [4.69, 9.17) is 9.31 Å². The van der Waals surface area contributed by atoms with E-state index in [0.29, 0.717) is 12.8 Å². The summed E-state index contributed by atoms with van der Waals surface area (Å²) < 4.78 is 50.2. The van der Waals surface area contributed by atoms with E-state index < -0.39 is 42.1 Å². The smallest absolute Gasteiger partial charge is 0.399 e. The number of fused-ring (bicyclic) bond motifs is 1. The van der Waals surface area contributed by atoms with Gasteiger partial charge in [-0.1, -0.05) is 18.2 Å². The number of hydrogen-bond acceptors (Lipinski definition) is 4. The SMILES string of the molecule is CC1(C)OB(c2ccc3c(c2)CC[C@@H]3CC(=O)C2(CC(=O)C(F)(F)F)CC2)OC1(C)C.S. The zero-order chi connectivity index (χ0) is 22.8. The fourth-order valence-electron chi connectivity index (χ4n) is 4.62. The minimum Gasteiger partial charge on any atom is -0.399 e. The quantitative estimate of drug-likeness (QED) is 0.579. The summed E-state index contributed by atoms with van der Waals surface area (Å²) in [6.07, 6.45) is -3.09. The molecule has 1 saturated heterocycles. The summed E-state index contributed by atoms with van der Waals surface area (Å²) in [4.78, 5) is 24.2. The predicted molar refractivity (Wildman–Crippen MR) is 121 cm³/mol. The summed E-state index contributed by atoms with van der Waals surface area (Å²) in [7, 11) is -0.459. The molecule has 32 heavy (non-hydrogen) atoms. The molecule has 0 spiro atoms. The van der Waals surface area contributed by atoms with Gasteiger partial charge in [0, 0.05) is 18.3 Å². The molecular weight excluding hydrogens is 440 g/mol. The van der Waals surface area contributed by atoms with Gasteiger partial charge in [0.05, 0.1) is 11.2 Å². The van der Waals surface area contributed by atoms with E-state index in [2.05, 4.69) is 6.07 Å². The number of carbonyl (C=O) groups excluding carboxylic acids is 2. The van der Waals surface area contributed by atoms with Crippen molar-refractivity contribution in [2.24, 2.45) is 5.41 Å². The summed E-state index contributed by atoms with van der Waals surface area (Å²) >= 11 is 0. The van der Waals surface area contributed by atoms with Crippen LogP contribution < -0.4 is 5.46 Å². The Bertz CT molecular complexity index is 908. The highest BCUT2D eigenvalue weighted by atomic mass is 32.1. The number of ketones is 2. The second-order valence-corrected chi connectivity index (χ2v) is 10.3. The maximum atomic E-state index is 12.8. The van der Waals surface area contributed by atoms with Gasteiger partial charge in [0.1, 0.15) is 5.78 Å². The van der Waals surface area contributed by atoms with E-state index in [1.165, 1.54) is 0 Å². The maximum Gasteiger partial charge on any atom is 0.494 e. The van der Waals surface area contributed by atoms with Gasteiger partial charge in [0.15, 0.2) is 0 Å². The lowest BCUT2D eigenvalue weighted by atomic mass is 9.77. The molecule has 0 radical (unpaired) electrons. The first-order chi connectivity index (χ1) is 14.2. The number of aryl methyl sites for hydroxylation is 1. The summed E-state index contributed by atoms with van der Waals surface area (Å²) in [5, 5.41) is 0. The Hall–Kier alpha value is -1.32. The molecular formula is C23H30BF3O4S. The van der Waals surface area contributed by atoms with Crippen LogP contribution in [-0.2, 0) is 25.3 Å². The predicted octanol–water partition coefficient (Wildman–Crippen LogP) is 4.39. The van der Waals surface area contributed by atoms with E-state index in [-0.39, 0.29) is 31.6 Å². The van der Waals surface area contributed by atoms with Crippen LogP contribution in [-0.4, -0.2) is 36.1 Å². The summed E-state index contributed by atoms with van der Waals surface area (Å²) in [6.45, 7) is 8.00. The van der Waals surface area contributed by atoms with E-state index in [9.17, 15) is 22.8 Å². The van der Waals surface area contributed by atoms with Crippen LogP contribution in [0.2, 0.25) is 0 Å². The molecule has 1 aromatic rings. The van der Waals surface area contributed by atoms with E-state index in [1.807, 2.05) is 39.8 Å². The number of halogens is 3. The minimum absolute atomic E-state index is 0. The Morgan fingerprint density at radius 1 is 1.09 bits per heavy atom. The molecule has 1 saturated carbocycles. The number of carbonyl (C=O) groups is 2. The second kappa shape index (κ2) is 8.17. The van der Waals surface area contributed by atoms with Gasteiger partial charge < -0.3 is 9.31 Å². The maximum absolute atomic E-state index is 12.8. The molecule has 1 atom stereocenters. The van der Waals surface area contributed by atoms with Crippen LogP contribution in [0.3, 0.4) is 0 Å². The molecule has 4 nitrogen and oxygen atoms in total. The minimum atomic E-state index is -4.88. The normalized spacial score (nSPS) is 24.6. The number of hydrogen-bond donors (Lipinski definition) is 0. The van der Waals surface area contributed by atoms with Gasteiger partial charge >= 0.3 is 13.3 Å². The molecule has 0 bridgehead atoms. The van der Waals surface area contributed by atoms with Crippen LogP contribution in [0.15, 0.2) is 18.2 Å². The zero-order valence-electron chi connectivity index (χ0n) is 18.9. The molecule has 3 aliphatic rings. The van der Waals surface area contributed by atoms with Gasteiger partial charge in [-0.05, 0) is 75.9 Å². The summed E-state index contributed by atoms with van der Waals surface area (Å²) in [5.74, 6) is -2.02. The van der Waals surface area contributed by atoms with Gasteiger partial charge in [-0.3, -0.25) is 9.59 Å². The molecule has 176 valence electrons. The number of rotatable bonds is 6. The van der Waals surface area contributed by atoms with Crippen LogP contribution in [0.1, 0.15) is 76.8 Å². The van der Waals surface area contributed by atoms with Crippen molar-refractivity contribution in [3.63, 3.8) is 0 Å². The fourth-order valence-corrected chi connectivity index (χ4v) is 4.62. The molecule has 1 aromatic carbocycles. The van der Waals surface area contributed by atoms with Crippen molar-refractivity contribution in [2.45, 2.75) is 89.5 Å². The first kappa shape index (κ1) is 25.3. The lowest BCUT2D eigenvalue weighted by Crippen LogP contribution is -2.41. The Morgan fingerprint density at radius 3 is 2.22 bits per heavy atom. The Morgan fingerprint density at radius 2 is 1.69 bits per heavy atom. The molecule has 2 fully saturated rings. The Balaban J connectivity index is 0.00000289. The number of alkyl halides is 3. The third-order valence-electron chi connectivity index (χ3n) is 7.59. The van der Waals surface area contributed by atoms with E-state index in [0.717, 1.165) is 29.4 Å². The molecule has 0 N–H and O–H groups in total. The van der Waals surface area contributed by atoms with Crippen molar-refractivity contribution >= 4 is 37.6 Å². The van der Waals surface area contributed by atoms with Gasteiger partial charge in [-0.25, -0.2) is 0 Å². The Labute approximate surface area is 194 Å². The molecule has 2 aliphatic carbocycles. The highest BCUT2D eigenvalue weighted by Crippen LogP contribution is 2.53.